The highest BCUT2D eigenvalue weighted by atomic mass is 16.6. The fourth-order valence-electron chi connectivity index (χ4n) is 3.38. The standard InChI is InChI=1S/C20H28N4O4/c1-20(2,3)28-19(25)23-8-6-15(7-9-23)22-12-14-10-18(24(26)27)16(11-17(14)21)13-4-5-13/h10-13,15,21-22H,4-9H2,1-3H3/b14-12-,21-17?. The summed E-state index contributed by atoms with van der Waals surface area (Å²) in [4.78, 5) is 24.9. The van der Waals surface area contributed by atoms with Gasteiger partial charge >= 0.3 is 6.09 Å². The van der Waals surface area contributed by atoms with Crippen LogP contribution >= 0.6 is 0 Å². The smallest absolute Gasteiger partial charge is 0.410 e. The Morgan fingerprint density at radius 2 is 1.93 bits per heavy atom. The molecule has 3 aliphatic rings. The molecule has 0 aromatic rings. The van der Waals surface area contributed by atoms with Crippen molar-refractivity contribution >= 4 is 11.8 Å². The summed E-state index contributed by atoms with van der Waals surface area (Å²) in [6, 6.07) is 0.153. The monoisotopic (exact) mass is 388 g/mol. The Bertz CT molecular complexity index is 764. The zero-order chi connectivity index (χ0) is 20.5. The first-order chi connectivity index (χ1) is 13.1. The zero-order valence-electron chi connectivity index (χ0n) is 16.7. The Kier molecular flexibility index (Phi) is 5.58. The quantitative estimate of drug-likeness (QED) is 0.567. The summed E-state index contributed by atoms with van der Waals surface area (Å²) in [5.41, 5.74) is 1.09. The van der Waals surface area contributed by atoms with Gasteiger partial charge in [0.25, 0.3) is 5.70 Å². The number of nitro groups is 1. The Labute approximate surface area is 165 Å². The molecule has 0 radical (unpaired) electrons. The van der Waals surface area contributed by atoms with Crippen molar-refractivity contribution in [2.75, 3.05) is 13.1 Å². The van der Waals surface area contributed by atoms with Gasteiger partial charge in [-0.05, 0) is 58.4 Å². The Morgan fingerprint density at radius 3 is 2.46 bits per heavy atom. The number of piperidine rings is 1. The van der Waals surface area contributed by atoms with Crippen LogP contribution in [0.5, 0.6) is 0 Å². The van der Waals surface area contributed by atoms with Gasteiger partial charge in [0.15, 0.2) is 0 Å². The van der Waals surface area contributed by atoms with Gasteiger partial charge in [-0.2, -0.15) is 0 Å². The van der Waals surface area contributed by atoms with Crippen LogP contribution in [0.15, 0.2) is 35.2 Å². The summed E-state index contributed by atoms with van der Waals surface area (Å²) in [6.45, 7) is 6.73. The third-order valence-electron chi connectivity index (χ3n) is 5.03. The van der Waals surface area contributed by atoms with Gasteiger partial charge in [0.05, 0.1) is 10.6 Å². The van der Waals surface area contributed by atoms with Gasteiger partial charge in [0, 0.05) is 42.6 Å². The largest absolute Gasteiger partial charge is 0.444 e. The van der Waals surface area contributed by atoms with E-state index in [1.54, 1.807) is 17.2 Å². The number of ether oxygens (including phenoxy) is 1. The topological polar surface area (TPSA) is 109 Å². The lowest BCUT2D eigenvalue weighted by molar-refractivity contribution is -0.421. The zero-order valence-corrected chi connectivity index (χ0v) is 16.7. The van der Waals surface area contributed by atoms with Gasteiger partial charge in [0.1, 0.15) is 5.60 Å². The van der Waals surface area contributed by atoms with E-state index in [0.717, 1.165) is 25.7 Å². The van der Waals surface area contributed by atoms with Gasteiger partial charge in [-0.15, -0.1) is 0 Å². The summed E-state index contributed by atoms with van der Waals surface area (Å²) in [6.07, 6.45) is 7.95. The van der Waals surface area contributed by atoms with Crippen LogP contribution in [-0.4, -0.2) is 46.4 Å². The van der Waals surface area contributed by atoms with Crippen LogP contribution in [0.3, 0.4) is 0 Å². The number of amides is 1. The Hall–Kier alpha value is -2.64. The maximum Gasteiger partial charge on any atom is 0.410 e. The predicted octanol–water partition coefficient (Wildman–Crippen LogP) is 3.39. The Morgan fingerprint density at radius 1 is 1.29 bits per heavy atom. The van der Waals surface area contributed by atoms with E-state index in [1.165, 1.54) is 6.08 Å². The molecule has 152 valence electrons. The second-order valence-electron chi connectivity index (χ2n) is 8.58. The van der Waals surface area contributed by atoms with E-state index in [-0.39, 0.29) is 28.7 Å². The fraction of sp³-hybridized carbons (Fsp3) is 0.600. The molecule has 0 bridgehead atoms. The number of rotatable bonds is 4. The van der Waals surface area contributed by atoms with Crippen molar-refractivity contribution in [1.82, 2.24) is 10.2 Å². The second-order valence-corrected chi connectivity index (χ2v) is 8.58. The van der Waals surface area contributed by atoms with E-state index in [2.05, 4.69) is 5.32 Å². The fourth-order valence-corrected chi connectivity index (χ4v) is 3.38. The molecular weight excluding hydrogens is 360 g/mol. The first kappa shape index (κ1) is 20.1. The molecule has 2 aliphatic carbocycles. The molecule has 0 aromatic heterocycles. The molecule has 3 rings (SSSR count). The highest BCUT2D eigenvalue weighted by Gasteiger charge is 2.36. The van der Waals surface area contributed by atoms with Crippen LogP contribution < -0.4 is 5.32 Å². The molecule has 1 heterocycles. The SMILES string of the molecule is CC(C)(C)OC(=O)N1CCC(N/C=C2/C=C([N+](=O)[O-])C(C3CC3)=CC2=N)CC1. The predicted molar refractivity (Wildman–Crippen MR) is 106 cm³/mol. The maximum atomic E-state index is 12.1. The van der Waals surface area contributed by atoms with E-state index in [0.29, 0.717) is 29.9 Å². The maximum absolute atomic E-state index is 12.1. The van der Waals surface area contributed by atoms with Gasteiger partial charge < -0.3 is 20.4 Å². The highest BCUT2D eigenvalue weighted by molar-refractivity contribution is 6.10. The second kappa shape index (κ2) is 7.77. The molecule has 8 nitrogen and oxygen atoms in total. The summed E-state index contributed by atoms with van der Waals surface area (Å²) in [5, 5.41) is 22.8. The third-order valence-corrected chi connectivity index (χ3v) is 5.03. The minimum Gasteiger partial charge on any atom is -0.444 e. The van der Waals surface area contributed by atoms with Crippen molar-refractivity contribution in [1.29, 1.82) is 5.41 Å². The molecule has 2 N–H and O–H groups in total. The molecule has 1 saturated carbocycles. The van der Waals surface area contributed by atoms with Gasteiger partial charge in [0.2, 0.25) is 0 Å². The molecule has 2 fully saturated rings. The first-order valence-electron chi connectivity index (χ1n) is 9.75. The number of nitrogens with zero attached hydrogens (tertiary/aromatic N) is 2. The molecule has 1 saturated heterocycles. The van der Waals surface area contributed by atoms with Crippen molar-refractivity contribution in [2.24, 2.45) is 5.92 Å². The van der Waals surface area contributed by atoms with E-state index >= 15 is 0 Å². The van der Waals surface area contributed by atoms with Gasteiger partial charge in [-0.1, -0.05) is 0 Å². The van der Waals surface area contributed by atoms with Crippen molar-refractivity contribution in [2.45, 2.75) is 58.1 Å². The lowest BCUT2D eigenvalue weighted by atomic mass is 9.95. The summed E-state index contributed by atoms with van der Waals surface area (Å²) in [5.74, 6) is 0.226. The van der Waals surface area contributed by atoms with Crippen molar-refractivity contribution in [3.63, 3.8) is 0 Å². The molecule has 1 amide bonds. The number of hydrogen-bond acceptors (Lipinski definition) is 6. The highest BCUT2D eigenvalue weighted by Crippen LogP contribution is 2.41. The molecular formula is C20H28N4O4. The van der Waals surface area contributed by atoms with E-state index in [9.17, 15) is 14.9 Å². The van der Waals surface area contributed by atoms with Crippen LogP contribution in [0, 0.1) is 21.4 Å². The lowest BCUT2D eigenvalue weighted by Gasteiger charge is -2.33. The summed E-state index contributed by atoms with van der Waals surface area (Å²) < 4.78 is 5.40. The summed E-state index contributed by atoms with van der Waals surface area (Å²) >= 11 is 0. The average molecular weight is 388 g/mol. The van der Waals surface area contributed by atoms with Crippen LogP contribution in [-0.2, 0) is 4.74 Å². The van der Waals surface area contributed by atoms with Crippen molar-refractivity contribution in [3.8, 4) is 0 Å². The van der Waals surface area contributed by atoms with E-state index in [1.807, 2.05) is 20.8 Å². The first-order valence-corrected chi connectivity index (χ1v) is 9.75. The van der Waals surface area contributed by atoms with Crippen molar-refractivity contribution < 1.29 is 14.5 Å². The molecule has 8 heteroatoms. The number of likely N-dealkylation sites (tertiary alicyclic amines) is 1. The molecule has 0 aromatic carbocycles. The molecule has 1 aliphatic heterocycles. The molecule has 28 heavy (non-hydrogen) atoms. The minimum absolute atomic E-state index is 0.103. The van der Waals surface area contributed by atoms with Crippen LogP contribution in [0.25, 0.3) is 0 Å². The normalized spacial score (nSPS) is 22.6. The lowest BCUT2D eigenvalue weighted by Crippen LogP contribution is -2.45. The number of nitrogens with one attached hydrogen (secondary N) is 2. The number of hydrogen-bond donors (Lipinski definition) is 2. The number of carbonyl (C=O) groups is 1. The van der Waals surface area contributed by atoms with E-state index < -0.39 is 5.60 Å². The Balaban J connectivity index is 1.57. The third kappa shape index (κ3) is 4.99. The minimum atomic E-state index is -0.508. The average Bonchev–Trinajstić information content (AvgIpc) is 3.44. The molecule has 0 spiro atoms. The van der Waals surface area contributed by atoms with Crippen LogP contribution in [0.4, 0.5) is 4.79 Å². The van der Waals surface area contributed by atoms with Gasteiger partial charge in [-0.3, -0.25) is 10.1 Å². The van der Waals surface area contributed by atoms with Gasteiger partial charge in [-0.25, -0.2) is 4.79 Å². The van der Waals surface area contributed by atoms with E-state index in [4.69, 9.17) is 10.1 Å². The number of carbonyl (C=O) groups excluding carboxylic acids is 1. The van der Waals surface area contributed by atoms with Crippen LogP contribution in [0.1, 0.15) is 46.5 Å². The van der Waals surface area contributed by atoms with Crippen molar-refractivity contribution in [3.05, 3.63) is 45.3 Å². The molecule has 0 unspecified atom stereocenters. The summed E-state index contributed by atoms with van der Waals surface area (Å²) in [7, 11) is 0. The molecule has 0 atom stereocenters. The van der Waals surface area contributed by atoms with Crippen LogP contribution in [0.2, 0.25) is 0 Å². The number of allylic oxidation sites excluding steroid dienone is 4.